The molecule has 1 aliphatic rings. The Balaban J connectivity index is 0.00000456. The van der Waals surface area contributed by atoms with E-state index in [1.807, 2.05) is 0 Å². The van der Waals surface area contributed by atoms with Crippen molar-refractivity contribution in [3.8, 4) is 0 Å². The van der Waals surface area contributed by atoms with Crippen LogP contribution in [0.3, 0.4) is 0 Å². The molecule has 0 aliphatic carbocycles. The summed E-state index contributed by atoms with van der Waals surface area (Å²) in [5, 5.41) is 22.5. The fourth-order valence-corrected chi connectivity index (χ4v) is 5.02. The first kappa shape index (κ1) is 38.0. The van der Waals surface area contributed by atoms with Gasteiger partial charge >= 0.3 is 88.7 Å². The summed E-state index contributed by atoms with van der Waals surface area (Å²) in [6.07, 6.45) is 0. The summed E-state index contributed by atoms with van der Waals surface area (Å²) in [5.74, 6) is -2.95. The molecule has 0 spiro atoms. The van der Waals surface area contributed by atoms with Gasteiger partial charge in [0.1, 0.15) is 31.6 Å². The zero-order valence-electron chi connectivity index (χ0n) is 20.4. The van der Waals surface area contributed by atoms with Gasteiger partial charge in [0.15, 0.2) is 6.04 Å². The van der Waals surface area contributed by atoms with Crippen LogP contribution in [0.5, 0.6) is 0 Å². The number of anilines is 1. The summed E-state index contributed by atoms with van der Waals surface area (Å²) < 4.78 is 67.5. The molecule has 2 aromatic carbocycles. The van der Waals surface area contributed by atoms with Gasteiger partial charge in [-0.3, -0.25) is 4.79 Å². The zero-order chi connectivity index (χ0) is 26.5. The molecule has 20 heteroatoms. The van der Waals surface area contributed by atoms with Crippen molar-refractivity contribution in [3.05, 3.63) is 45.4 Å². The number of carbonyl (C=O) groups excluding carboxylic acids is 2. The fraction of sp³-hybridized carbons (Fsp3) is 0.167. The number of amides is 1. The number of carbonyl (C=O) groups is 2. The van der Waals surface area contributed by atoms with Crippen LogP contribution in [0.15, 0.2) is 49.4 Å². The van der Waals surface area contributed by atoms with Crippen LogP contribution in [0.4, 0.5) is 11.4 Å². The Morgan fingerprint density at radius 2 is 1.39 bits per heavy atom. The number of aliphatic carboxylic acids is 1. The molecule has 0 aromatic heterocycles. The number of hydrazone groups is 1. The predicted molar refractivity (Wildman–Crippen MR) is 117 cm³/mol. The van der Waals surface area contributed by atoms with Gasteiger partial charge in [0.25, 0.3) is 5.91 Å². The average Bonchev–Trinajstić information content (AvgIpc) is 3.02. The van der Waals surface area contributed by atoms with Crippen molar-refractivity contribution in [2.75, 3.05) is 5.01 Å². The van der Waals surface area contributed by atoms with Crippen molar-refractivity contribution in [1.82, 2.24) is 0 Å². The number of hydrogen-bond acceptors (Lipinski definition) is 12. The SMILES string of the molecule is Cc1cc(S(=O)(=O)[O-])cc(Cl)c1N=NC1C(=O)N(c2c(C)cc(S(=O)(=O)[O-])cc2Cl)N=C1C(=O)[O-].[Na+].[Na+].[Na+]. The van der Waals surface area contributed by atoms with Gasteiger partial charge < -0.3 is 19.0 Å². The second-order valence-electron chi connectivity index (χ2n) is 7.09. The Bertz CT molecular complexity index is 1520. The van der Waals surface area contributed by atoms with Crippen molar-refractivity contribution < 1.29 is 129 Å². The molecule has 0 fully saturated rings. The molecule has 13 nitrogen and oxygen atoms in total. The van der Waals surface area contributed by atoms with E-state index >= 15 is 0 Å². The van der Waals surface area contributed by atoms with E-state index in [0.717, 1.165) is 24.3 Å². The van der Waals surface area contributed by atoms with Gasteiger partial charge in [0.05, 0.1) is 31.5 Å². The molecular formula is C18H11Cl2N4Na3O9S2. The van der Waals surface area contributed by atoms with E-state index < -0.39 is 53.7 Å². The number of rotatable bonds is 6. The van der Waals surface area contributed by atoms with E-state index in [4.69, 9.17) is 23.2 Å². The molecule has 1 unspecified atom stereocenters. The van der Waals surface area contributed by atoms with E-state index in [0.29, 0.717) is 5.01 Å². The van der Waals surface area contributed by atoms with Gasteiger partial charge in [-0.2, -0.15) is 20.3 Å². The maximum atomic E-state index is 13.0. The smallest absolute Gasteiger partial charge is 0.744 e. The standard InChI is InChI=1S/C18H14Cl2N4O9S2.3Na/c1-7-3-9(34(28,29)30)5-11(19)13(7)21-22-14-15(18(26)27)23-24(17(14)25)16-8(2)4-10(6-12(16)20)35(31,32)33;;;/h3-6,14H,1-2H3,(H,26,27)(H,28,29,30)(H,31,32,33);;;/q;3*+1/p-3. The first-order valence-electron chi connectivity index (χ1n) is 9.09. The van der Waals surface area contributed by atoms with Crippen molar-refractivity contribution in [1.29, 1.82) is 0 Å². The van der Waals surface area contributed by atoms with Crippen LogP contribution in [0.1, 0.15) is 11.1 Å². The van der Waals surface area contributed by atoms with E-state index in [-0.39, 0.29) is 121 Å². The minimum Gasteiger partial charge on any atom is -0.744 e. The topological polar surface area (TPSA) is 212 Å². The summed E-state index contributed by atoms with van der Waals surface area (Å²) in [6, 6.07) is 1.63. The summed E-state index contributed by atoms with van der Waals surface area (Å²) in [6.45, 7) is 2.65. The number of hydrogen-bond donors (Lipinski definition) is 0. The summed E-state index contributed by atoms with van der Waals surface area (Å²) in [7, 11) is -9.70. The zero-order valence-corrected chi connectivity index (χ0v) is 29.6. The fourth-order valence-electron chi connectivity index (χ4n) is 3.07. The first-order chi connectivity index (χ1) is 16.0. The number of halogens is 2. The van der Waals surface area contributed by atoms with Crippen molar-refractivity contribution >= 4 is 72.4 Å². The molecule has 186 valence electrons. The van der Waals surface area contributed by atoms with Crippen LogP contribution in [0.2, 0.25) is 10.0 Å². The van der Waals surface area contributed by atoms with E-state index in [1.54, 1.807) is 0 Å². The maximum absolute atomic E-state index is 13.0. The Kier molecular flexibility index (Phi) is 14.3. The first-order valence-corrected chi connectivity index (χ1v) is 12.7. The van der Waals surface area contributed by atoms with Crippen LogP contribution < -0.4 is 98.8 Å². The minimum atomic E-state index is -4.88. The van der Waals surface area contributed by atoms with Gasteiger partial charge in [0, 0.05) is 0 Å². The molecule has 38 heavy (non-hydrogen) atoms. The minimum absolute atomic E-state index is 0. The summed E-state index contributed by atoms with van der Waals surface area (Å²) >= 11 is 12.0. The van der Waals surface area contributed by atoms with Crippen molar-refractivity contribution in [2.45, 2.75) is 29.7 Å². The van der Waals surface area contributed by atoms with Crippen LogP contribution >= 0.6 is 23.2 Å². The van der Waals surface area contributed by atoms with Crippen molar-refractivity contribution in [3.63, 3.8) is 0 Å². The summed E-state index contributed by atoms with van der Waals surface area (Å²) in [4.78, 5) is 23.2. The number of carboxylic acids is 1. The largest absolute Gasteiger partial charge is 1.00 e. The number of nitrogens with zero attached hydrogens (tertiary/aromatic N) is 4. The molecule has 1 aliphatic heterocycles. The number of benzene rings is 2. The summed E-state index contributed by atoms with van der Waals surface area (Å²) in [5.41, 5.74) is -1.14. The predicted octanol–water partition coefficient (Wildman–Crippen LogP) is -7.96. The van der Waals surface area contributed by atoms with Gasteiger partial charge in [-0.25, -0.2) is 16.8 Å². The third-order valence-corrected chi connectivity index (χ3v) is 6.84. The Morgan fingerprint density at radius 3 is 1.82 bits per heavy atom. The van der Waals surface area contributed by atoms with Gasteiger partial charge in [-0.05, 0) is 49.2 Å². The Labute approximate surface area is 293 Å². The van der Waals surface area contributed by atoms with Crippen LogP contribution in [-0.4, -0.2) is 49.6 Å². The number of carboxylic acid groups (broad SMARTS) is 1. The van der Waals surface area contributed by atoms with Gasteiger partial charge in [0.2, 0.25) is 0 Å². The molecule has 3 rings (SSSR count). The Hall–Kier alpha value is 0.0500. The van der Waals surface area contributed by atoms with Crippen LogP contribution in [0, 0.1) is 13.8 Å². The van der Waals surface area contributed by atoms with Crippen molar-refractivity contribution in [2.24, 2.45) is 15.3 Å². The molecule has 0 radical (unpaired) electrons. The molecule has 0 N–H and O–H groups in total. The molecule has 0 saturated heterocycles. The molecule has 1 atom stereocenters. The normalized spacial score (nSPS) is 15.4. The quantitative estimate of drug-likeness (QED) is 0.168. The maximum Gasteiger partial charge on any atom is 1.00 e. The van der Waals surface area contributed by atoms with E-state index in [1.165, 1.54) is 13.8 Å². The molecular weight excluding hydrogens is 620 g/mol. The molecule has 1 amide bonds. The molecule has 2 aromatic rings. The van der Waals surface area contributed by atoms with Crippen LogP contribution in [-0.2, 0) is 29.8 Å². The van der Waals surface area contributed by atoms with Gasteiger partial charge in [-0.15, -0.1) is 0 Å². The third-order valence-electron chi connectivity index (χ3n) is 4.64. The second kappa shape index (κ2) is 14.3. The average molecular weight is 631 g/mol. The van der Waals surface area contributed by atoms with E-state index in [2.05, 4.69) is 15.3 Å². The number of azo groups is 1. The van der Waals surface area contributed by atoms with E-state index in [9.17, 15) is 40.6 Å². The molecule has 0 bridgehead atoms. The number of aryl methyl sites for hydroxylation is 2. The van der Waals surface area contributed by atoms with Gasteiger partial charge in [-0.1, -0.05) is 23.2 Å². The monoisotopic (exact) mass is 630 g/mol. The second-order valence-corrected chi connectivity index (χ2v) is 10.7. The molecule has 0 saturated carbocycles. The van der Waals surface area contributed by atoms with Crippen LogP contribution in [0.25, 0.3) is 0 Å². The Morgan fingerprint density at radius 1 is 0.921 bits per heavy atom. The third kappa shape index (κ3) is 8.30. The molecule has 1 heterocycles.